The normalized spacial score (nSPS) is 27.5. The van der Waals surface area contributed by atoms with E-state index in [1.807, 2.05) is 0 Å². The van der Waals surface area contributed by atoms with Crippen molar-refractivity contribution < 1.29 is 9.84 Å². The lowest BCUT2D eigenvalue weighted by Gasteiger charge is -2.23. The Labute approximate surface area is 80.5 Å². The zero-order valence-electron chi connectivity index (χ0n) is 8.62. The van der Waals surface area contributed by atoms with Gasteiger partial charge in [0.15, 0.2) is 0 Å². The minimum absolute atomic E-state index is 0.266. The van der Waals surface area contributed by atoms with E-state index in [2.05, 4.69) is 19.2 Å². The topological polar surface area (TPSA) is 41.5 Å². The largest absolute Gasteiger partial charge is 0.396 e. The lowest BCUT2D eigenvalue weighted by atomic mass is 10.00. The van der Waals surface area contributed by atoms with Gasteiger partial charge in [0, 0.05) is 25.3 Å². The summed E-state index contributed by atoms with van der Waals surface area (Å²) in [4.78, 5) is 0. The fourth-order valence-electron chi connectivity index (χ4n) is 1.81. The van der Waals surface area contributed by atoms with Crippen molar-refractivity contribution in [2.24, 2.45) is 5.92 Å². The van der Waals surface area contributed by atoms with Gasteiger partial charge in [0.25, 0.3) is 0 Å². The number of hydrogen-bond acceptors (Lipinski definition) is 3. The van der Waals surface area contributed by atoms with E-state index >= 15 is 0 Å². The highest BCUT2D eigenvalue weighted by Gasteiger charge is 2.22. The predicted molar refractivity (Wildman–Crippen MR) is 52.7 cm³/mol. The Morgan fingerprint density at radius 3 is 2.85 bits per heavy atom. The maximum absolute atomic E-state index is 8.75. The van der Waals surface area contributed by atoms with Crippen LogP contribution in [0.3, 0.4) is 0 Å². The molecule has 1 aliphatic heterocycles. The zero-order valence-corrected chi connectivity index (χ0v) is 8.62. The fraction of sp³-hybridized carbons (Fsp3) is 1.00. The van der Waals surface area contributed by atoms with Crippen LogP contribution in [-0.4, -0.2) is 37.0 Å². The third-order valence-corrected chi connectivity index (χ3v) is 2.78. The van der Waals surface area contributed by atoms with Gasteiger partial charge in [-0.2, -0.15) is 0 Å². The molecular formula is C10H21NO2. The highest BCUT2D eigenvalue weighted by Crippen LogP contribution is 2.16. The second-order valence-electron chi connectivity index (χ2n) is 3.99. The van der Waals surface area contributed by atoms with Gasteiger partial charge in [-0.25, -0.2) is 0 Å². The molecule has 3 atom stereocenters. The molecule has 0 amide bonds. The summed E-state index contributed by atoms with van der Waals surface area (Å²) in [5.74, 6) is 0.654. The quantitative estimate of drug-likeness (QED) is 0.668. The lowest BCUT2D eigenvalue weighted by Crippen LogP contribution is -2.40. The first-order valence-corrected chi connectivity index (χ1v) is 5.18. The summed E-state index contributed by atoms with van der Waals surface area (Å²) < 4.78 is 5.33. The predicted octanol–water partition coefficient (Wildman–Crippen LogP) is 0.772. The molecule has 0 aromatic heterocycles. The molecule has 0 spiro atoms. The van der Waals surface area contributed by atoms with Crippen LogP contribution in [0.5, 0.6) is 0 Å². The van der Waals surface area contributed by atoms with E-state index in [9.17, 15) is 0 Å². The lowest BCUT2D eigenvalue weighted by molar-refractivity contribution is 0.175. The molecule has 3 heteroatoms. The molecule has 0 aromatic carbocycles. The first-order valence-electron chi connectivity index (χ1n) is 5.18. The summed E-state index contributed by atoms with van der Waals surface area (Å²) >= 11 is 0. The molecule has 0 aliphatic carbocycles. The minimum Gasteiger partial charge on any atom is -0.396 e. The SMILES string of the molecule is CC(N[C@H](C)CCO)C1CCOC1. The molecule has 1 aliphatic rings. The Balaban J connectivity index is 2.18. The van der Waals surface area contributed by atoms with Crippen molar-refractivity contribution in [2.75, 3.05) is 19.8 Å². The van der Waals surface area contributed by atoms with Crippen LogP contribution in [0, 0.1) is 5.92 Å². The Bertz CT molecular complexity index is 135. The number of nitrogens with one attached hydrogen (secondary N) is 1. The van der Waals surface area contributed by atoms with Crippen molar-refractivity contribution in [3.8, 4) is 0 Å². The smallest absolute Gasteiger partial charge is 0.0509 e. The van der Waals surface area contributed by atoms with Gasteiger partial charge in [0.2, 0.25) is 0 Å². The van der Waals surface area contributed by atoms with Gasteiger partial charge >= 0.3 is 0 Å². The third kappa shape index (κ3) is 3.63. The van der Waals surface area contributed by atoms with Crippen LogP contribution < -0.4 is 5.32 Å². The fourth-order valence-corrected chi connectivity index (χ4v) is 1.81. The van der Waals surface area contributed by atoms with Crippen LogP contribution in [0.25, 0.3) is 0 Å². The average molecular weight is 187 g/mol. The Hall–Kier alpha value is -0.120. The summed E-state index contributed by atoms with van der Waals surface area (Å²) in [5.41, 5.74) is 0. The Kier molecular flexibility index (Phi) is 4.70. The van der Waals surface area contributed by atoms with E-state index < -0.39 is 0 Å². The van der Waals surface area contributed by atoms with Crippen molar-refractivity contribution in [3.05, 3.63) is 0 Å². The van der Waals surface area contributed by atoms with Crippen LogP contribution in [0.15, 0.2) is 0 Å². The first-order chi connectivity index (χ1) is 6.24. The van der Waals surface area contributed by atoms with Crippen LogP contribution >= 0.6 is 0 Å². The number of aliphatic hydroxyl groups excluding tert-OH is 1. The van der Waals surface area contributed by atoms with E-state index in [4.69, 9.17) is 9.84 Å². The zero-order chi connectivity index (χ0) is 9.68. The second kappa shape index (κ2) is 5.58. The number of rotatable bonds is 5. The van der Waals surface area contributed by atoms with E-state index in [1.165, 1.54) is 6.42 Å². The van der Waals surface area contributed by atoms with Gasteiger partial charge in [-0.05, 0) is 32.6 Å². The van der Waals surface area contributed by atoms with Crippen molar-refractivity contribution in [1.82, 2.24) is 5.32 Å². The standard InChI is InChI=1S/C10H21NO2/c1-8(3-5-12)11-9(2)10-4-6-13-7-10/h8-12H,3-7H2,1-2H3/t8-,9?,10?/m1/s1. The number of hydrogen-bond donors (Lipinski definition) is 2. The van der Waals surface area contributed by atoms with Crippen molar-refractivity contribution in [2.45, 2.75) is 38.8 Å². The molecule has 0 radical (unpaired) electrons. The summed E-state index contributed by atoms with van der Waals surface area (Å²) in [6.07, 6.45) is 2.00. The highest BCUT2D eigenvalue weighted by atomic mass is 16.5. The second-order valence-corrected chi connectivity index (χ2v) is 3.99. The number of aliphatic hydroxyl groups is 1. The number of ether oxygens (including phenoxy) is 1. The first kappa shape index (κ1) is 11.0. The van der Waals surface area contributed by atoms with E-state index in [0.717, 1.165) is 19.6 Å². The van der Waals surface area contributed by atoms with Gasteiger partial charge < -0.3 is 15.2 Å². The van der Waals surface area contributed by atoms with Crippen molar-refractivity contribution in [1.29, 1.82) is 0 Å². The van der Waals surface area contributed by atoms with E-state index in [1.54, 1.807) is 0 Å². The maximum atomic E-state index is 8.75. The molecule has 1 fully saturated rings. The maximum Gasteiger partial charge on any atom is 0.0509 e. The van der Waals surface area contributed by atoms with Crippen LogP contribution in [0.2, 0.25) is 0 Å². The minimum atomic E-state index is 0.266. The molecule has 1 saturated heterocycles. The van der Waals surface area contributed by atoms with E-state index in [0.29, 0.717) is 18.0 Å². The monoisotopic (exact) mass is 187 g/mol. The molecule has 0 saturated carbocycles. The average Bonchev–Trinajstić information content (AvgIpc) is 2.55. The summed E-state index contributed by atoms with van der Waals surface area (Å²) in [5, 5.41) is 12.2. The summed E-state index contributed by atoms with van der Waals surface area (Å²) in [6, 6.07) is 0.907. The van der Waals surface area contributed by atoms with Gasteiger partial charge in [0.05, 0.1) is 6.61 Å². The van der Waals surface area contributed by atoms with Crippen LogP contribution in [0.1, 0.15) is 26.7 Å². The molecular weight excluding hydrogens is 166 g/mol. The van der Waals surface area contributed by atoms with Crippen LogP contribution in [-0.2, 0) is 4.74 Å². The van der Waals surface area contributed by atoms with Crippen LogP contribution in [0.4, 0.5) is 0 Å². The highest BCUT2D eigenvalue weighted by molar-refractivity contribution is 4.77. The van der Waals surface area contributed by atoms with Gasteiger partial charge in [-0.15, -0.1) is 0 Å². The van der Waals surface area contributed by atoms with Crippen molar-refractivity contribution in [3.63, 3.8) is 0 Å². The van der Waals surface area contributed by atoms with Gasteiger partial charge in [-0.1, -0.05) is 0 Å². The molecule has 78 valence electrons. The van der Waals surface area contributed by atoms with Gasteiger partial charge in [-0.3, -0.25) is 0 Å². The molecule has 13 heavy (non-hydrogen) atoms. The molecule has 1 rings (SSSR count). The Morgan fingerprint density at radius 1 is 1.54 bits per heavy atom. The molecule has 0 bridgehead atoms. The van der Waals surface area contributed by atoms with Crippen molar-refractivity contribution >= 4 is 0 Å². The summed E-state index contributed by atoms with van der Waals surface area (Å²) in [6.45, 7) is 6.38. The molecule has 2 N–H and O–H groups in total. The van der Waals surface area contributed by atoms with E-state index in [-0.39, 0.29) is 6.61 Å². The molecule has 0 aromatic rings. The molecule has 1 heterocycles. The molecule has 2 unspecified atom stereocenters. The Morgan fingerprint density at radius 2 is 2.31 bits per heavy atom. The summed E-state index contributed by atoms with van der Waals surface area (Å²) in [7, 11) is 0. The molecule has 3 nitrogen and oxygen atoms in total. The third-order valence-electron chi connectivity index (χ3n) is 2.78. The van der Waals surface area contributed by atoms with Gasteiger partial charge in [0.1, 0.15) is 0 Å².